The summed E-state index contributed by atoms with van der Waals surface area (Å²) >= 11 is 0. The van der Waals surface area contributed by atoms with Gasteiger partial charge in [-0.3, -0.25) is 4.79 Å². The summed E-state index contributed by atoms with van der Waals surface area (Å²) in [7, 11) is 0. The third-order valence-electron chi connectivity index (χ3n) is 4.01. The topological polar surface area (TPSA) is 56.5 Å². The molecule has 0 spiro atoms. The first-order valence-electron chi connectivity index (χ1n) is 7.29. The quantitative estimate of drug-likeness (QED) is 0.795. The van der Waals surface area contributed by atoms with E-state index in [0.29, 0.717) is 17.8 Å². The Morgan fingerprint density at radius 1 is 1.10 bits per heavy atom. The third-order valence-corrected chi connectivity index (χ3v) is 4.01. The van der Waals surface area contributed by atoms with Crippen molar-refractivity contribution in [2.45, 2.75) is 45.6 Å². The first-order chi connectivity index (χ1) is 10.0. The van der Waals surface area contributed by atoms with Crippen LogP contribution in [0.3, 0.4) is 0 Å². The van der Waals surface area contributed by atoms with Crippen LogP contribution in [0.1, 0.15) is 36.8 Å². The van der Waals surface area contributed by atoms with Crippen molar-refractivity contribution in [2.24, 2.45) is 0 Å². The van der Waals surface area contributed by atoms with Crippen LogP contribution in [0.5, 0.6) is 5.75 Å². The Kier molecular flexibility index (Phi) is 3.53. The number of ketones is 1. The normalized spacial score (nSPS) is 19.0. The molecule has 0 bridgehead atoms. The molecule has 21 heavy (non-hydrogen) atoms. The van der Waals surface area contributed by atoms with E-state index in [9.17, 15) is 9.59 Å². The lowest BCUT2D eigenvalue weighted by Crippen LogP contribution is -2.30. The molecule has 0 radical (unpaired) electrons. The Labute approximate surface area is 122 Å². The van der Waals surface area contributed by atoms with Gasteiger partial charge in [-0.2, -0.15) is 0 Å². The van der Waals surface area contributed by atoms with Crippen molar-refractivity contribution < 1.29 is 13.9 Å². The van der Waals surface area contributed by atoms with Gasteiger partial charge in [-0.1, -0.05) is 0 Å². The molecule has 4 nitrogen and oxygen atoms in total. The molecule has 1 aromatic carbocycles. The molecule has 1 aliphatic rings. The molecule has 3 rings (SSSR count). The van der Waals surface area contributed by atoms with Crippen LogP contribution in [-0.2, 0) is 4.79 Å². The zero-order chi connectivity index (χ0) is 15.0. The summed E-state index contributed by atoms with van der Waals surface area (Å²) in [5.74, 6) is 0.872. The summed E-state index contributed by atoms with van der Waals surface area (Å²) in [6, 6.07) is 5.13. The highest BCUT2D eigenvalue weighted by Gasteiger charge is 2.24. The summed E-state index contributed by atoms with van der Waals surface area (Å²) in [5.41, 5.74) is 1.92. The average Bonchev–Trinajstić information content (AvgIpc) is 2.42. The van der Waals surface area contributed by atoms with Crippen molar-refractivity contribution in [2.75, 3.05) is 0 Å². The minimum Gasteiger partial charge on any atom is -0.482 e. The first kappa shape index (κ1) is 13.9. The van der Waals surface area contributed by atoms with E-state index in [0.717, 1.165) is 35.8 Å². The van der Waals surface area contributed by atoms with E-state index in [1.807, 2.05) is 19.9 Å². The minimum atomic E-state index is -0.351. The van der Waals surface area contributed by atoms with Crippen LogP contribution in [0.25, 0.3) is 11.0 Å². The second-order valence-electron chi connectivity index (χ2n) is 5.68. The lowest BCUT2D eigenvalue weighted by atomic mass is 9.96. The lowest BCUT2D eigenvalue weighted by molar-refractivity contribution is -0.127. The first-order valence-corrected chi connectivity index (χ1v) is 7.29. The van der Waals surface area contributed by atoms with E-state index in [4.69, 9.17) is 9.15 Å². The van der Waals surface area contributed by atoms with Gasteiger partial charge in [0.05, 0.1) is 0 Å². The third kappa shape index (κ3) is 2.71. The molecule has 1 aliphatic carbocycles. The number of benzene rings is 1. The van der Waals surface area contributed by atoms with Gasteiger partial charge >= 0.3 is 5.63 Å². The molecule has 0 N–H and O–H groups in total. The second kappa shape index (κ2) is 5.35. The van der Waals surface area contributed by atoms with E-state index in [2.05, 4.69) is 0 Å². The second-order valence-corrected chi connectivity index (χ2v) is 5.68. The smallest absolute Gasteiger partial charge is 0.336 e. The molecule has 1 saturated carbocycles. The number of ether oxygens (including phenoxy) is 1. The summed E-state index contributed by atoms with van der Waals surface area (Å²) in [5, 5.41) is 0.846. The maximum absolute atomic E-state index is 11.9. The zero-order valence-electron chi connectivity index (χ0n) is 12.3. The van der Waals surface area contributed by atoms with E-state index < -0.39 is 0 Å². The molecule has 1 atom stereocenters. The molecule has 0 saturated heterocycles. The number of Topliss-reactive ketones (excluding diaryl/α,β-unsaturated/α-hetero) is 1. The number of carbonyl (C=O) groups excluding carboxylic acids is 1. The maximum Gasteiger partial charge on any atom is 0.336 e. The molecule has 1 heterocycles. The van der Waals surface area contributed by atoms with Gasteiger partial charge < -0.3 is 9.15 Å². The van der Waals surface area contributed by atoms with Crippen molar-refractivity contribution in [1.82, 2.24) is 0 Å². The summed E-state index contributed by atoms with van der Waals surface area (Å²) in [4.78, 5) is 23.3. The van der Waals surface area contributed by atoms with Crippen LogP contribution in [0, 0.1) is 13.8 Å². The Morgan fingerprint density at radius 2 is 1.90 bits per heavy atom. The molecule has 2 aromatic rings. The predicted molar refractivity (Wildman–Crippen MR) is 79.8 cm³/mol. The molecule has 4 heteroatoms. The highest BCUT2D eigenvalue weighted by molar-refractivity contribution is 5.85. The molecule has 1 unspecified atom stereocenters. The molecular weight excluding hydrogens is 268 g/mol. The lowest BCUT2D eigenvalue weighted by Gasteiger charge is -2.23. The molecule has 0 aliphatic heterocycles. The van der Waals surface area contributed by atoms with E-state index in [-0.39, 0.29) is 17.5 Å². The summed E-state index contributed by atoms with van der Waals surface area (Å²) in [6.45, 7) is 3.76. The van der Waals surface area contributed by atoms with Crippen molar-refractivity contribution >= 4 is 16.8 Å². The van der Waals surface area contributed by atoms with Crippen LogP contribution >= 0.6 is 0 Å². The van der Waals surface area contributed by atoms with Gasteiger partial charge in [0.1, 0.15) is 11.3 Å². The van der Waals surface area contributed by atoms with Gasteiger partial charge in [0.15, 0.2) is 11.9 Å². The van der Waals surface area contributed by atoms with Crippen molar-refractivity contribution in [3.63, 3.8) is 0 Å². The van der Waals surface area contributed by atoms with Crippen molar-refractivity contribution in [3.05, 3.63) is 39.7 Å². The van der Waals surface area contributed by atoms with E-state index in [1.54, 1.807) is 6.07 Å². The van der Waals surface area contributed by atoms with Gasteiger partial charge in [0, 0.05) is 17.9 Å². The van der Waals surface area contributed by atoms with Crippen LogP contribution in [0.15, 0.2) is 27.4 Å². The minimum absolute atomic E-state index is 0.178. The molecule has 110 valence electrons. The standard InChI is InChI=1S/C17H18O4/c1-10-8-17(19)21-16-7-11(2)15(9-12(10)16)20-14-6-4-3-5-13(14)18/h7-9,14H,3-6H2,1-2H3. The fraction of sp³-hybridized carbons (Fsp3) is 0.412. The van der Waals surface area contributed by atoms with Crippen LogP contribution < -0.4 is 10.4 Å². The number of aryl methyl sites for hydroxylation is 2. The van der Waals surface area contributed by atoms with E-state index in [1.165, 1.54) is 6.07 Å². The van der Waals surface area contributed by atoms with Crippen molar-refractivity contribution in [3.8, 4) is 5.75 Å². The number of rotatable bonds is 2. The average molecular weight is 286 g/mol. The SMILES string of the molecule is Cc1cc2oc(=O)cc(C)c2cc1OC1CCCCC1=O. The predicted octanol–water partition coefficient (Wildman–Crippen LogP) is 3.30. The summed E-state index contributed by atoms with van der Waals surface area (Å²) in [6.07, 6.45) is 3.02. The highest BCUT2D eigenvalue weighted by atomic mass is 16.5. The van der Waals surface area contributed by atoms with Gasteiger partial charge in [0.2, 0.25) is 0 Å². The highest BCUT2D eigenvalue weighted by Crippen LogP contribution is 2.29. The number of hydrogen-bond acceptors (Lipinski definition) is 4. The van der Waals surface area contributed by atoms with Crippen LogP contribution in [-0.4, -0.2) is 11.9 Å². The monoisotopic (exact) mass is 286 g/mol. The molecular formula is C17H18O4. The van der Waals surface area contributed by atoms with Gasteiger partial charge in [0.25, 0.3) is 0 Å². The zero-order valence-corrected chi connectivity index (χ0v) is 12.3. The number of carbonyl (C=O) groups is 1. The molecule has 1 fully saturated rings. The fourth-order valence-electron chi connectivity index (χ4n) is 2.80. The number of fused-ring (bicyclic) bond motifs is 1. The van der Waals surface area contributed by atoms with Gasteiger partial charge in [-0.15, -0.1) is 0 Å². The molecule has 1 aromatic heterocycles. The summed E-state index contributed by atoms with van der Waals surface area (Å²) < 4.78 is 11.1. The Bertz CT molecular complexity index is 757. The maximum atomic E-state index is 11.9. The van der Waals surface area contributed by atoms with Crippen LogP contribution in [0.2, 0.25) is 0 Å². The van der Waals surface area contributed by atoms with Crippen LogP contribution in [0.4, 0.5) is 0 Å². The van der Waals surface area contributed by atoms with E-state index >= 15 is 0 Å². The van der Waals surface area contributed by atoms with Gasteiger partial charge in [-0.05, 0) is 56.4 Å². The number of hydrogen-bond donors (Lipinski definition) is 0. The molecule has 0 amide bonds. The fourth-order valence-corrected chi connectivity index (χ4v) is 2.80. The van der Waals surface area contributed by atoms with Gasteiger partial charge in [-0.25, -0.2) is 4.79 Å². The van der Waals surface area contributed by atoms with Crippen molar-refractivity contribution in [1.29, 1.82) is 0 Å². The Balaban J connectivity index is 2.00. The largest absolute Gasteiger partial charge is 0.482 e. The Hall–Kier alpha value is -2.10. The Morgan fingerprint density at radius 3 is 2.67 bits per heavy atom.